The first-order chi connectivity index (χ1) is 14.3. The highest BCUT2D eigenvalue weighted by molar-refractivity contribution is 6.30. The smallest absolute Gasteiger partial charge is 0.343 e. The molecule has 0 N–H and O–H groups in total. The van der Waals surface area contributed by atoms with Crippen molar-refractivity contribution in [1.82, 2.24) is 0 Å². The average Bonchev–Trinajstić information content (AvgIpc) is 2.71. The third-order valence-electron chi connectivity index (χ3n) is 4.62. The molecule has 3 rings (SSSR count). The van der Waals surface area contributed by atoms with Gasteiger partial charge in [-0.2, -0.15) is 5.26 Å². The number of halogens is 1. The number of rotatable bonds is 4. The van der Waals surface area contributed by atoms with Gasteiger partial charge in [-0.15, -0.1) is 0 Å². The molecule has 0 atom stereocenters. The van der Waals surface area contributed by atoms with Crippen molar-refractivity contribution in [1.29, 1.82) is 5.26 Å². The number of hydrogen-bond acceptors (Lipinski definition) is 3. The Labute approximate surface area is 182 Å². The molecule has 0 fully saturated rings. The van der Waals surface area contributed by atoms with Gasteiger partial charge in [-0.1, -0.05) is 68.8 Å². The number of benzene rings is 3. The molecule has 0 heterocycles. The quantitative estimate of drug-likeness (QED) is 0.201. The number of carbonyl (C=O) groups excluding carboxylic acids is 1. The fourth-order valence-corrected chi connectivity index (χ4v) is 3.13. The van der Waals surface area contributed by atoms with Gasteiger partial charge in [0.1, 0.15) is 5.75 Å². The maximum absolute atomic E-state index is 12.5. The van der Waals surface area contributed by atoms with Crippen LogP contribution in [-0.2, 0) is 5.41 Å². The van der Waals surface area contributed by atoms with Crippen molar-refractivity contribution in [3.8, 4) is 11.8 Å². The number of esters is 1. The summed E-state index contributed by atoms with van der Waals surface area (Å²) in [7, 11) is 0. The van der Waals surface area contributed by atoms with Gasteiger partial charge < -0.3 is 4.74 Å². The van der Waals surface area contributed by atoms with Crippen LogP contribution in [0.15, 0.2) is 72.8 Å². The maximum Gasteiger partial charge on any atom is 0.343 e. The normalized spacial score (nSPS) is 11.6. The van der Waals surface area contributed by atoms with Crippen molar-refractivity contribution in [2.24, 2.45) is 0 Å². The third-order valence-corrected chi connectivity index (χ3v) is 4.86. The Hall–Kier alpha value is -3.35. The van der Waals surface area contributed by atoms with Crippen LogP contribution >= 0.6 is 11.6 Å². The molecule has 0 spiro atoms. The van der Waals surface area contributed by atoms with Gasteiger partial charge >= 0.3 is 5.97 Å². The van der Waals surface area contributed by atoms with Crippen LogP contribution in [0.3, 0.4) is 0 Å². The summed E-state index contributed by atoms with van der Waals surface area (Å²) in [6.45, 7) is 6.37. The average molecular weight is 416 g/mol. The summed E-state index contributed by atoms with van der Waals surface area (Å²) in [5.41, 5.74) is 3.60. The number of carbonyl (C=O) groups is 1. The molecule has 3 nitrogen and oxygen atoms in total. The van der Waals surface area contributed by atoms with Gasteiger partial charge in [-0.3, -0.25) is 0 Å². The number of allylic oxidation sites excluding steroid dienone is 1. The van der Waals surface area contributed by atoms with Gasteiger partial charge in [-0.25, -0.2) is 4.79 Å². The van der Waals surface area contributed by atoms with Crippen LogP contribution in [0.4, 0.5) is 0 Å². The van der Waals surface area contributed by atoms with Gasteiger partial charge in [0.05, 0.1) is 17.2 Å². The Bertz CT molecular complexity index is 1130. The van der Waals surface area contributed by atoms with Crippen molar-refractivity contribution >= 4 is 29.2 Å². The Morgan fingerprint density at radius 1 is 0.967 bits per heavy atom. The Balaban J connectivity index is 1.80. The summed E-state index contributed by atoms with van der Waals surface area (Å²) in [5.74, 6) is -0.0102. The first-order valence-electron chi connectivity index (χ1n) is 9.57. The van der Waals surface area contributed by atoms with E-state index in [0.29, 0.717) is 21.9 Å². The molecule has 0 radical (unpaired) electrons. The van der Waals surface area contributed by atoms with Crippen molar-refractivity contribution in [2.75, 3.05) is 0 Å². The second kappa shape index (κ2) is 8.98. The highest BCUT2D eigenvalue weighted by atomic mass is 35.5. The van der Waals surface area contributed by atoms with Crippen LogP contribution in [-0.4, -0.2) is 5.97 Å². The molecule has 0 aliphatic carbocycles. The fraction of sp³-hybridized carbons (Fsp3) is 0.154. The monoisotopic (exact) mass is 415 g/mol. The second-order valence-electron chi connectivity index (χ2n) is 7.97. The van der Waals surface area contributed by atoms with Gasteiger partial charge in [0, 0.05) is 5.02 Å². The molecular weight excluding hydrogens is 394 g/mol. The van der Waals surface area contributed by atoms with E-state index in [9.17, 15) is 10.1 Å². The molecule has 0 saturated carbocycles. The van der Waals surface area contributed by atoms with E-state index in [1.54, 1.807) is 54.6 Å². The molecule has 0 amide bonds. The van der Waals surface area contributed by atoms with Gasteiger partial charge in [0.15, 0.2) is 0 Å². The molecule has 0 aromatic heterocycles. The molecule has 0 aliphatic rings. The van der Waals surface area contributed by atoms with E-state index in [1.165, 1.54) is 0 Å². The van der Waals surface area contributed by atoms with Crippen molar-refractivity contribution < 1.29 is 9.53 Å². The first kappa shape index (κ1) is 21.4. The predicted octanol–water partition coefficient (Wildman–Crippen LogP) is 6.92. The van der Waals surface area contributed by atoms with E-state index in [-0.39, 0.29) is 5.41 Å². The number of nitriles is 1. The van der Waals surface area contributed by atoms with E-state index < -0.39 is 5.97 Å². The topological polar surface area (TPSA) is 50.1 Å². The minimum atomic E-state index is -0.424. The number of nitrogens with zero attached hydrogens (tertiary/aromatic N) is 1. The minimum absolute atomic E-state index is 0.0184. The summed E-state index contributed by atoms with van der Waals surface area (Å²) in [6.07, 6.45) is 1.74. The maximum atomic E-state index is 12.5. The lowest BCUT2D eigenvalue weighted by Gasteiger charge is -2.18. The first-order valence-corrected chi connectivity index (χ1v) is 9.94. The highest BCUT2D eigenvalue weighted by Gasteiger charge is 2.15. The molecule has 0 aliphatic heterocycles. The van der Waals surface area contributed by atoms with Crippen LogP contribution in [0.25, 0.3) is 11.6 Å². The Kier molecular flexibility index (Phi) is 6.40. The van der Waals surface area contributed by atoms with Gasteiger partial charge in [-0.05, 0) is 64.6 Å². The van der Waals surface area contributed by atoms with Crippen LogP contribution in [0.2, 0.25) is 5.02 Å². The largest absolute Gasteiger partial charge is 0.423 e. The van der Waals surface area contributed by atoms with Crippen LogP contribution < -0.4 is 4.74 Å². The van der Waals surface area contributed by atoms with Gasteiger partial charge in [0.25, 0.3) is 0 Å². The molecule has 3 aromatic rings. The molecule has 3 aromatic carbocycles. The Morgan fingerprint density at radius 2 is 1.67 bits per heavy atom. The molecule has 4 heteroatoms. The SMILES string of the molecule is CC(C)(C)c1ccc(C(=O)Oc2cccc(/C=C(/C#N)c3cccc(Cl)c3)c2)cc1. The standard InChI is InChI=1S/C26H22ClNO2/c1-26(2,3)22-12-10-19(11-13-22)25(29)30-24-9-4-6-18(15-24)14-21(17-28)20-7-5-8-23(27)16-20/h4-16H,1-3H3/b21-14-. The van der Waals surface area contributed by atoms with Crippen molar-refractivity contribution in [3.05, 3.63) is 100 Å². The highest BCUT2D eigenvalue weighted by Crippen LogP contribution is 2.24. The van der Waals surface area contributed by atoms with Crippen LogP contribution in [0.1, 0.15) is 47.8 Å². The zero-order valence-electron chi connectivity index (χ0n) is 17.1. The zero-order chi connectivity index (χ0) is 21.7. The zero-order valence-corrected chi connectivity index (χ0v) is 17.9. The third kappa shape index (κ3) is 5.37. The summed E-state index contributed by atoms with van der Waals surface area (Å²) < 4.78 is 5.53. The van der Waals surface area contributed by atoms with Crippen molar-refractivity contribution in [3.63, 3.8) is 0 Å². The molecule has 30 heavy (non-hydrogen) atoms. The molecular formula is C26H22ClNO2. The molecule has 150 valence electrons. The number of ether oxygens (including phenoxy) is 1. The summed E-state index contributed by atoms with van der Waals surface area (Å²) in [4.78, 5) is 12.5. The van der Waals surface area contributed by atoms with E-state index in [4.69, 9.17) is 16.3 Å². The lowest BCUT2D eigenvalue weighted by Crippen LogP contribution is -2.12. The molecule has 0 unspecified atom stereocenters. The minimum Gasteiger partial charge on any atom is -0.423 e. The second-order valence-corrected chi connectivity index (χ2v) is 8.41. The van der Waals surface area contributed by atoms with E-state index >= 15 is 0 Å². The molecule has 0 bridgehead atoms. The number of hydrogen-bond donors (Lipinski definition) is 0. The Morgan fingerprint density at radius 3 is 2.30 bits per heavy atom. The van der Waals surface area contributed by atoms with E-state index in [0.717, 1.165) is 16.7 Å². The lowest BCUT2D eigenvalue weighted by atomic mass is 9.87. The van der Waals surface area contributed by atoms with Crippen molar-refractivity contribution in [2.45, 2.75) is 26.2 Å². The van der Waals surface area contributed by atoms with Gasteiger partial charge in [0.2, 0.25) is 0 Å². The molecule has 0 saturated heterocycles. The summed E-state index contributed by atoms with van der Waals surface area (Å²) in [5, 5.41) is 10.1. The van der Waals surface area contributed by atoms with E-state index in [2.05, 4.69) is 26.8 Å². The summed E-state index contributed by atoms with van der Waals surface area (Å²) in [6, 6.07) is 23.8. The van der Waals surface area contributed by atoms with Crippen LogP contribution in [0.5, 0.6) is 5.75 Å². The van der Waals surface area contributed by atoms with E-state index in [1.807, 2.05) is 24.3 Å². The lowest BCUT2D eigenvalue weighted by molar-refractivity contribution is 0.0734. The predicted molar refractivity (Wildman–Crippen MR) is 121 cm³/mol. The summed E-state index contributed by atoms with van der Waals surface area (Å²) >= 11 is 6.03. The van der Waals surface area contributed by atoms with Crippen LogP contribution in [0, 0.1) is 11.3 Å². The fourth-order valence-electron chi connectivity index (χ4n) is 2.94.